The topological polar surface area (TPSA) is 106 Å². The molecule has 1 fully saturated rings. The van der Waals surface area contributed by atoms with E-state index in [1.807, 2.05) is 36.4 Å². The number of halogens is 2. The van der Waals surface area contributed by atoms with Crippen LogP contribution in [0.2, 0.25) is 0 Å². The van der Waals surface area contributed by atoms with E-state index in [-0.39, 0.29) is 48.7 Å². The zero-order valence-corrected chi connectivity index (χ0v) is 19.4. The Labute approximate surface area is 189 Å². The average Bonchev–Trinajstić information content (AvgIpc) is 3.09. The molecule has 2 amide bonds. The van der Waals surface area contributed by atoms with Crippen LogP contribution in [0.4, 0.5) is 0 Å². The quantitative estimate of drug-likeness (QED) is 0.691. The van der Waals surface area contributed by atoms with Gasteiger partial charge >= 0.3 is 0 Å². The third-order valence-electron chi connectivity index (χ3n) is 5.21. The summed E-state index contributed by atoms with van der Waals surface area (Å²) in [7, 11) is 0. The molecule has 1 aliphatic heterocycles. The minimum absolute atomic E-state index is 0. The van der Waals surface area contributed by atoms with Gasteiger partial charge in [0, 0.05) is 43.8 Å². The van der Waals surface area contributed by atoms with Crippen LogP contribution < -0.4 is 11.1 Å². The lowest BCUT2D eigenvalue weighted by Gasteiger charge is -2.36. The molecule has 1 unspecified atom stereocenters. The maximum Gasteiger partial charge on any atom is 0.255 e. The molecule has 1 aliphatic rings. The van der Waals surface area contributed by atoms with Crippen LogP contribution in [0, 0.1) is 6.92 Å². The predicted molar refractivity (Wildman–Crippen MR) is 123 cm³/mol. The van der Waals surface area contributed by atoms with Crippen molar-refractivity contribution in [2.24, 2.45) is 5.73 Å². The molecule has 0 aliphatic carbocycles. The number of hydrogen-bond acceptors (Lipinski definition) is 5. The number of nitrogens with two attached hydrogens (primary N) is 1. The highest BCUT2D eigenvalue weighted by atomic mass is 35.5. The zero-order valence-electron chi connectivity index (χ0n) is 17.8. The van der Waals surface area contributed by atoms with Crippen molar-refractivity contribution >= 4 is 47.7 Å². The van der Waals surface area contributed by atoms with Crippen molar-refractivity contribution in [3.05, 3.63) is 23.5 Å². The van der Waals surface area contributed by atoms with Gasteiger partial charge in [-0.05, 0) is 46.1 Å². The van der Waals surface area contributed by atoms with E-state index in [2.05, 4.69) is 15.4 Å². The Hall–Kier alpha value is -1.90. The second-order valence-electron chi connectivity index (χ2n) is 7.72. The van der Waals surface area contributed by atoms with Crippen LogP contribution in [0.5, 0.6) is 0 Å². The predicted octanol–water partition coefficient (Wildman–Crippen LogP) is 2.62. The number of fused-ring (bicyclic) bond motifs is 1. The fraction of sp³-hybridized carbons (Fsp3) is 0.600. The molecule has 0 saturated carbocycles. The Kier molecular flexibility index (Phi) is 10.0. The standard InChI is InChI=1S/C20H30N6O2.2ClH/c1-13(2)26-19-17(12-23-26)16(10-14(3)24-19)20(28)25-9-5-4-6-15(25)11-22-18(27)7-8-21;;/h10,12-13,15H,4-9,11,21H2,1-3H3,(H,22,27);2*1H. The summed E-state index contributed by atoms with van der Waals surface area (Å²) < 4.78 is 1.85. The summed E-state index contributed by atoms with van der Waals surface area (Å²) in [5.74, 6) is -0.0857. The van der Waals surface area contributed by atoms with Gasteiger partial charge in [0.1, 0.15) is 0 Å². The van der Waals surface area contributed by atoms with Gasteiger partial charge in [-0.25, -0.2) is 9.67 Å². The normalized spacial score (nSPS) is 16.2. The van der Waals surface area contributed by atoms with E-state index < -0.39 is 0 Å². The number of piperidine rings is 1. The largest absolute Gasteiger partial charge is 0.354 e. The van der Waals surface area contributed by atoms with E-state index >= 15 is 0 Å². The molecule has 3 rings (SSSR count). The summed E-state index contributed by atoms with van der Waals surface area (Å²) in [5, 5.41) is 8.13. The van der Waals surface area contributed by atoms with Crippen LogP contribution in [0.3, 0.4) is 0 Å². The molecule has 8 nitrogen and oxygen atoms in total. The van der Waals surface area contributed by atoms with E-state index in [0.29, 0.717) is 31.6 Å². The summed E-state index contributed by atoms with van der Waals surface area (Å²) in [6.07, 6.45) is 4.94. The van der Waals surface area contributed by atoms with Crippen molar-refractivity contribution in [1.82, 2.24) is 25.0 Å². The number of rotatable bonds is 6. The van der Waals surface area contributed by atoms with E-state index in [4.69, 9.17) is 5.73 Å². The van der Waals surface area contributed by atoms with Gasteiger partial charge in [-0.15, -0.1) is 24.8 Å². The smallest absolute Gasteiger partial charge is 0.255 e. The van der Waals surface area contributed by atoms with Crippen LogP contribution in [0.15, 0.2) is 12.3 Å². The Bertz CT molecular complexity index is 870. The third-order valence-corrected chi connectivity index (χ3v) is 5.21. The van der Waals surface area contributed by atoms with Crippen LogP contribution in [0.25, 0.3) is 11.0 Å². The van der Waals surface area contributed by atoms with Crippen molar-refractivity contribution in [2.45, 2.75) is 58.5 Å². The zero-order chi connectivity index (χ0) is 20.3. The SMILES string of the molecule is Cc1cc(C(=O)N2CCCCC2CNC(=O)CCN)c2cnn(C(C)C)c2n1.Cl.Cl. The van der Waals surface area contributed by atoms with Gasteiger partial charge in [0.2, 0.25) is 5.91 Å². The first-order valence-electron chi connectivity index (χ1n) is 10.0. The van der Waals surface area contributed by atoms with Crippen molar-refractivity contribution in [2.75, 3.05) is 19.6 Å². The lowest BCUT2D eigenvalue weighted by molar-refractivity contribution is -0.121. The molecule has 0 radical (unpaired) electrons. The molecule has 10 heteroatoms. The second kappa shape index (κ2) is 11.5. The molecule has 2 aromatic rings. The first-order valence-corrected chi connectivity index (χ1v) is 10.0. The molecule has 1 saturated heterocycles. The lowest BCUT2D eigenvalue weighted by Crippen LogP contribution is -2.49. The van der Waals surface area contributed by atoms with Crippen molar-refractivity contribution in [3.8, 4) is 0 Å². The molecule has 3 heterocycles. The number of carbonyl (C=O) groups excluding carboxylic acids is 2. The number of hydrogen-bond donors (Lipinski definition) is 2. The maximum atomic E-state index is 13.5. The Morgan fingerprint density at radius 1 is 1.30 bits per heavy atom. The summed E-state index contributed by atoms with van der Waals surface area (Å²) in [6, 6.07) is 2.00. The Morgan fingerprint density at radius 3 is 2.70 bits per heavy atom. The number of amides is 2. The molecule has 30 heavy (non-hydrogen) atoms. The van der Waals surface area contributed by atoms with E-state index in [1.165, 1.54) is 0 Å². The van der Waals surface area contributed by atoms with Gasteiger partial charge in [0.15, 0.2) is 5.65 Å². The van der Waals surface area contributed by atoms with Gasteiger partial charge < -0.3 is 16.0 Å². The highest BCUT2D eigenvalue weighted by Crippen LogP contribution is 2.25. The van der Waals surface area contributed by atoms with Gasteiger partial charge in [0.25, 0.3) is 5.91 Å². The molecule has 0 spiro atoms. The highest BCUT2D eigenvalue weighted by molar-refractivity contribution is 6.05. The van der Waals surface area contributed by atoms with Gasteiger partial charge in [-0.1, -0.05) is 0 Å². The molecular weight excluding hydrogens is 427 g/mol. The molecular formula is C20H32Cl2N6O2. The molecule has 2 aromatic heterocycles. The summed E-state index contributed by atoms with van der Waals surface area (Å²) >= 11 is 0. The fourth-order valence-electron chi connectivity index (χ4n) is 3.78. The van der Waals surface area contributed by atoms with Gasteiger partial charge in [-0.3, -0.25) is 9.59 Å². The highest BCUT2D eigenvalue weighted by Gasteiger charge is 2.29. The monoisotopic (exact) mass is 458 g/mol. The second-order valence-corrected chi connectivity index (χ2v) is 7.72. The minimum atomic E-state index is -0.0687. The number of aryl methyl sites for hydroxylation is 1. The van der Waals surface area contributed by atoms with E-state index in [9.17, 15) is 9.59 Å². The Morgan fingerprint density at radius 2 is 2.03 bits per heavy atom. The number of carbonyl (C=O) groups is 2. The third kappa shape index (κ3) is 5.62. The van der Waals surface area contributed by atoms with Gasteiger partial charge in [0.05, 0.1) is 17.1 Å². The van der Waals surface area contributed by atoms with Crippen LogP contribution in [-0.4, -0.2) is 57.2 Å². The van der Waals surface area contributed by atoms with Crippen molar-refractivity contribution < 1.29 is 9.59 Å². The molecule has 168 valence electrons. The molecule has 3 N–H and O–H groups in total. The summed E-state index contributed by atoms with van der Waals surface area (Å²) in [4.78, 5) is 31.8. The van der Waals surface area contributed by atoms with E-state index in [0.717, 1.165) is 36.0 Å². The Balaban J connectivity index is 0.00000225. The number of likely N-dealkylation sites (tertiary alicyclic amines) is 1. The van der Waals surface area contributed by atoms with Crippen molar-refractivity contribution in [1.29, 1.82) is 0 Å². The number of nitrogens with one attached hydrogen (secondary N) is 1. The summed E-state index contributed by atoms with van der Waals surface area (Å²) in [5.41, 5.74) is 7.61. The first-order chi connectivity index (χ1) is 13.4. The van der Waals surface area contributed by atoms with E-state index in [1.54, 1.807) is 6.20 Å². The van der Waals surface area contributed by atoms with Crippen LogP contribution in [-0.2, 0) is 4.79 Å². The van der Waals surface area contributed by atoms with Crippen LogP contribution >= 0.6 is 24.8 Å². The number of aromatic nitrogens is 3. The fourth-order valence-corrected chi connectivity index (χ4v) is 3.78. The summed E-state index contributed by atoms with van der Waals surface area (Å²) in [6.45, 7) is 7.47. The molecule has 0 bridgehead atoms. The average molecular weight is 459 g/mol. The first kappa shape index (κ1) is 26.1. The van der Waals surface area contributed by atoms with Crippen molar-refractivity contribution in [3.63, 3.8) is 0 Å². The minimum Gasteiger partial charge on any atom is -0.354 e. The maximum absolute atomic E-state index is 13.5. The number of pyridine rings is 1. The van der Waals surface area contributed by atoms with Crippen LogP contribution in [0.1, 0.15) is 61.6 Å². The molecule has 0 aromatic carbocycles. The molecule has 1 atom stereocenters. The number of nitrogens with zero attached hydrogens (tertiary/aromatic N) is 4. The lowest BCUT2D eigenvalue weighted by atomic mass is 10.00. The van der Waals surface area contributed by atoms with Gasteiger partial charge in [-0.2, -0.15) is 5.10 Å².